The van der Waals surface area contributed by atoms with Gasteiger partial charge >= 0.3 is 6.09 Å². The zero-order valence-corrected chi connectivity index (χ0v) is 14.3. The van der Waals surface area contributed by atoms with Crippen LogP contribution in [0, 0.1) is 0 Å². The number of hydrogen-bond donors (Lipinski definition) is 3. The summed E-state index contributed by atoms with van der Waals surface area (Å²) in [5.41, 5.74) is 1.05. The molecule has 6 heteroatoms. The van der Waals surface area contributed by atoms with Gasteiger partial charge in [0.1, 0.15) is 5.82 Å². The van der Waals surface area contributed by atoms with Crippen LogP contribution in [0.5, 0.6) is 0 Å². The molecule has 23 heavy (non-hydrogen) atoms. The number of nitrogens with one attached hydrogen (secondary N) is 2. The lowest BCUT2D eigenvalue weighted by Crippen LogP contribution is -2.33. The predicted octanol–water partition coefficient (Wildman–Crippen LogP) is 3.16. The highest BCUT2D eigenvalue weighted by Gasteiger charge is 2.04. The Labute approximate surface area is 139 Å². The highest BCUT2D eigenvalue weighted by Crippen LogP contribution is 2.05. The maximum atomic E-state index is 10.5. The van der Waals surface area contributed by atoms with Gasteiger partial charge in [0.2, 0.25) is 0 Å². The van der Waals surface area contributed by atoms with Crippen molar-refractivity contribution < 1.29 is 9.90 Å². The lowest BCUT2D eigenvalue weighted by atomic mass is 10.2. The zero-order valence-electron chi connectivity index (χ0n) is 14.3. The van der Waals surface area contributed by atoms with Gasteiger partial charge in [-0.3, -0.25) is 5.32 Å². The van der Waals surface area contributed by atoms with Crippen molar-refractivity contribution in [2.75, 3.05) is 31.5 Å². The van der Waals surface area contributed by atoms with E-state index in [1.54, 1.807) is 12.3 Å². The van der Waals surface area contributed by atoms with Gasteiger partial charge in [-0.1, -0.05) is 32.8 Å². The van der Waals surface area contributed by atoms with Gasteiger partial charge in [0.05, 0.1) is 0 Å². The number of rotatable bonds is 12. The van der Waals surface area contributed by atoms with E-state index in [2.05, 4.69) is 34.4 Å². The quantitative estimate of drug-likeness (QED) is 0.515. The lowest BCUT2D eigenvalue weighted by molar-refractivity contribution is 0.209. The summed E-state index contributed by atoms with van der Waals surface area (Å²) in [4.78, 5) is 17.1. The molecule has 0 saturated heterocycles. The van der Waals surface area contributed by atoms with Crippen LogP contribution < -0.4 is 10.6 Å². The Bertz CT molecular complexity index is 429. The monoisotopic (exact) mass is 322 g/mol. The number of pyridine rings is 1. The Hall–Kier alpha value is -1.66. The smallest absolute Gasteiger partial charge is 0.410 e. The standard InChI is InChI=1S/C17H30N4O2/c1-3-5-10-21(11-6-4-2)12-9-18-13-15-7-8-16(19-14-15)20-17(22)23/h7-8,14,18H,3-6,9-13H2,1-2H3,(H,19,20)(H,22,23). The van der Waals surface area contributed by atoms with E-state index in [0.717, 1.165) is 25.2 Å². The van der Waals surface area contributed by atoms with Gasteiger partial charge in [0, 0.05) is 25.8 Å². The number of amides is 1. The van der Waals surface area contributed by atoms with Crippen LogP contribution >= 0.6 is 0 Å². The van der Waals surface area contributed by atoms with Gasteiger partial charge in [-0.25, -0.2) is 9.78 Å². The number of unbranched alkanes of at least 4 members (excludes halogenated alkanes) is 2. The van der Waals surface area contributed by atoms with Crippen molar-refractivity contribution in [2.45, 2.75) is 46.1 Å². The molecule has 0 fully saturated rings. The fourth-order valence-electron chi connectivity index (χ4n) is 2.28. The van der Waals surface area contributed by atoms with E-state index in [0.29, 0.717) is 5.82 Å². The van der Waals surface area contributed by atoms with Crippen molar-refractivity contribution in [3.63, 3.8) is 0 Å². The second-order valence-corrected chi connectivity index (χ2v) is 5.71. The van der Waals surface area contributed by atoms with Crippen molar-refractivity contribution in [3.05, 3.63) is 23.9 Å². The predicted molar refractivity (Wildman–Crippen MR) is 93.8 cm³/mol. The van der Waals surface area contributed by atoms with Crippen LogP contribution in [0.25, 0.3) is 0 Å². The molecular formula is C17H30N4O2. The van der Waals surface area contributed by atoms with Crippen molar-refractivity contribution in [1.29, 1.82) is 0 Å². The molecular weight excluding hydrogens is 292 g/mol. The summed E-state index contributed by atoms with van der Waals surface area (Å²) in [5.74, 6) is 0.353. The number of aromatic nitrogens is 1. The highest BCUT2D eigenvalue weighted by atomic mass is 16.4. The molecule has 0 bridgehead atoms. The van der Waals surface area contributed by atoms with Crippen molar-refractivity contribution >= 4 is 11.9 Å². The van der Waals surface area contributed by atoms with Crippen LogP contribution in [0.1, 0.15) is 45.1 Å². The van der Waals surface area contributed by atoms with Gasteiger partial charge < -0.3 is 15.3 Å². The summed E-state index contributed by atoms with van der Waals surface area (Å²) in [6.45, 7) is 9.56. The fraction of sp³-hybridized carbons (Fsp3) is 0.647. The second kappa shape index (κ2) is 11.8. The number of anilines is 1. The molecule has 1 aromatic rings. The van der Waals surface area contributed by atoms with E-state index in [-0.39, 0.29) is 0 Å². The molecule has 130 valence electrons. The van der Waals surface area contributed by atoms with Gasteiger partial charge in [-0.05, 0) is 37.6 Å². The Morgan fingerprint density at radius 3 is 2.39 bits per heavy atom. The maximum Gasteiger partial charge on any atom is 0.410 e. The molecule has 0 aromatic carbocycles. The zero-order chi connectivity index (χ0) is 16.9. The van der Waals surface area contributed by atoms with Crippen LogP contribution in [0.4, 0.5) is 10.6 Å². The van der Waals surface area contributed by atoms with Gasteiger partial charge in [0.15, 0.2) is 0 Å². The molecule has 1 heterocycles. The van der Waals surface area contributed by atoms with Crippen LogP contribution in [0.3, 0.4) is 0 Å². The van der Waals surface area contributed by atoms with Crippen LogP contribution in [-0.2, 0) is 6.54 Å². The van der Waals surface area contributed by atoms with E-state index in [9.17, 15) is 4.79 Å². The lowest BCUT2D eigenvalue weighted by Gasteiger charge is -2.22. The molecule has 0 aliphatic carbocycles. The summed E-state index contributed by atoms with van der Waals surface area (Å²) in [6, 6.07) is 3.57. The topological polar surface area (TPSA) is 77.5 Å². The Balaban J connectivity index is 2.27. The van der Waals surface area contributed by atoms with Crippen molar-refractivity contribution in [1.82, 2.24) is 15.2 Å². The molecule has 0 atom stereocenters. The fourth-order valence-corrected chi connectivity index (χ4v) is 2.28. The molecule has 1 rings (SSSR count). The van der Waals surface area contributed by atoms with Crippen molar-refractivity contribution in [2.24, 2.45) is 0 Å². The third kappa shape index (κ3) is 9.15. The largest absolute Gasteiger partial charge is 0.465 e. The first-order valence-corrected chi connectivity index (χ1v) is 8.53. The van der Waals surface area contributed by atoms with E-state index in [1.807, 2.05) is 6.07 Å². The minimum absolute atomic E-state index is 0.353. The van der Waals surface area contributed by atoms with Gasteiger partial charge in [-0.15, -0.1) is 0 Å². The maximum absolute atomic E-state index is 10.5. The number of nitrogens with zero attached hydrogens (tertiary/aromatic N) is 2. The van der Waals surface area contributed by atoms with Gasteiger partial charge in [-0.2, -0.15) is 0 Å². The molecule has 1 amide bonds. The molecule has 0 aliphatic rings. The third-order valence-corrected chi connectivity index (χ3v) is 3.65. The van der Waals surface area contributed by atoms with Crippen LogP contribution in [-0.4, -0.2) is 47.3 Å². The summed E-state index contributed by atoms with van der Waals surface area (Å²) >= 11 is 0. The molecule has 6 nitrogen and oxygen atoms in total. The van der Waals surface area contributed by atoms with Crippen LogP contribution in [0.15, 0.2) is 18.3 Å². The molecule has 3 N–H and O–H groups in total. The minimum Gasteiger partial charge on any atom is -0.465 e. The Morgan fingerprint density at radius 2 is 1.87 bits per heavy atom. The minimum atomic E-state index is -1.09. The van der Waals surface area contributed by atoms with E-state index in [1.165, 1.54) is 38.8 Å². The summed E-state index contributed by atoms with van der Waals surface area (Å²) in [5, 5.41) is 14.3. The summed E-state index contributed by atoms with van der Waals surface area (Å²) in [6.07, 6.45) is 5.58. The molecule has 0 unspecified atom stereocenters. The molecule has 0 spiro atoms. The highest BCUT2D eigenvalue weighted by molar-refractivity contribution is 5.81. The third-order valence-electron chi connectivity index (χ3n) is 3.65. The summed E-state index contributed by atoms with van der Waals surface area (Å²) < 4.78 is 0. The van der Waals surface area contributed by atoms with Gasteiger partial charge in [0.25, 0.3) is 0 Å². The molecule has 0 radical (unpaired) electrons. The SMILES string of the molecule is CCCCN(CCCC)CCNCc1ccc(NC(=O)O)nc1. The van der Waals surface area contributed by atoms with E-state index in [4.69, 9.17) is 5.11 Å². The Morgan fingerprint density at radius 1 is 1.17 bits per heavy atom. The second-order valence-electron chi connectivity index (χ2n) is 5.71. The van der Waals surface area contributed by atoms with E-state index < -0.39 is 6.09 Å². The first-order chi connectivity index (χ1) is 11.2. The Kier molecular flexibility index (Phi) is 9.99. The molecule has 1 aromatic heterocycles. The van der Waals surface area contributed by atoms with Crippen molar-refractivity contribution in [3.8, 4) is 0 Å². The first-order valence-electron chi connectivity index (χ1n) is 8.53. The summed E-state index contributed by atoms with van der Waals surface area (Å²) in [7, 11) is 0. The average molecular weight is 322 g/mol. The first kappa shape index (κ1) is 19.4. The number of hydrogen-bond acceptors (Lipinski definition) is 4. The molecule has 0 aliphatic heterocycles. The van der Waals surface area contributed by atoms with E-state index >= 15 is 0 Å². The van der Waals surface area contributed by atoms with Crippen LogP contribution in [0.2, 0.25) is 0 Å². The normalized spacial score (nSPS) is 10.9. The molecule has 0 saturated carbocycles. The number of carboxylic acid groups (broad SMARTS) is 1. The number of carbonyl (C=O) groups is 1. The average Bonchev–Trinajstić information content (AvgIpc) is 2.54.